The van der Waals surface area contributed by atoms with E-state index in [2.05, 4.69) is 0 Å². The average molecular weight is 235 g/mol. The lowest BCUT2D eigenvalue weighted by Crippen LogP contribution is -2.06. The van der Waals surface area contributed by atoms with Crippen LogP contribution in [0.1, 0.15) is 12.5 Å². The molecule has 0 aromatic heterocycles. The van der Waals surface area contributed by atoms with Crippen molar-refractivity contribution in [1.82, 2.24) is 0 Å². The maximum atomic E-state index is 9.27. The molecule has 0 radical (unpaired) electrons. The summed E-state index contributed by atoms with van der Waals surface area (Å²) in [5, 5.41) is 10.3. The molecular formula is C10H12Cl2O2. The van der Waals surface area contributed by atoms with E-state index in [9.17, 15) is 5.11 Å². The van der Waals surface area contributed by atoms with Gasteiger partial charge in [-0.2, -0.15) is 0 Å². The van der Waals surface area contributed by atoms with Crippen LogP contribution >= 0.6 is 23.2 Å². The first kappa shape index (κ1) is 11.6. The van der Waals surface area contributed by atoms with Crippen molar-refractivity contribution in [2.24, 2.45) is 0 Å². The third kappa shape index (κ3) is 2.77. The number of halogens is 2. The molecule has 0 spiro atoms. The van der Waals surface area contributed by atoms with Crippen molar-refractivity contribution >= 4 is 23.2 Å². The van der Waals surface area contributed by atoms with Gasteiger partial charge in [-0.25, -0.2) is 0 Å². The first-order valence-corrected chi connectivity index (χ1v) is 5.00. The highest BCUT2D eigenvalue weighted by Crippen LogP contribution is 2.32. The SMILES string of the molecule is COc1c(Cl)cc(Cl)cc1CC(C)O. The molecule has 0 aliphatic heterocycles. The predicted octanol–water partition coefficient (Wildman–Crippen LogP) is 2.93. The summed E-state index contributed by atoms with van der Waals surface area (Å²) in [4.78, 5) is 0. The van der Waals surface area contributed by atoms with Gasteiger partial charge in [-0.15, -0.1) is 0 Å². The molecule has 0 amide bonds. The van der Waals surface area contributed by atoms with Crippen molar-refractivity contribution < 1.29 is 9.84 Å². The topological polar surface area (TPSA) is 29.5 Å². The molecule has 1 aromatic rings. The third-order valence-electron chi connectivity index (χ3n) is 1.80. The Hall–Kier alpha value is -0.440. The first-order chi connectivity index (χ1) is 6.54. The molecule has 0 saturated carbocycles. The highest BCUT2D eigenvalue weighted by atomic mass is 35.5. The zero-order chi connectivity index (χ0) is 10.7. The lowest BCUT2D eigenvalue weighted by molar-refractivity contribution is 0.194. The molecule has 0 aliphatic carbocycles. The van der Waals surface area contributed by atoms with Crippen molar-refractivity contribution in [2.75, 3.05) is 7.11 Å². The molecule has 2 nitrogen and oxygen atoms in total. The summed E-state index contributed by atoms with van der Waals surface area (Å²) >= 11 is 11.8. The molecule has 0 heterocycles. The number of hydrogen-bond donors (Lipinski definition) is 1. The molecule has 0 fully saturated rings. The highest BCUT2D eigenvalue weighted by molar-refractivity contribution is 6.35. The Morgan fingerprint density at radius 3 is 2.57 bits per heavy atom. The van der Waals surface area contributed by atoms with Gasteiger partial charge in [-0.1, -0.05) is 23.2 Å². The Bertz CT molecular complexity index is 324. The summed E-state index contributed by atoms with van der Waals surface area (Å²) in [6.45, 7) is 1.70. The molecule has 1 unspecified atom stereocenters. The monoisotopic (exact) mass is 234 g/mol. The fourth-order valence-corrected chi connectivity index (χ4v) is 1.92. The van der Waals surface area contributed by atoms with Crippen LogP contribution in [-0.4, -0.2) is 18.3 Å². The number of aliphatic hydroxyl groups excluding tert-OH is 1. The quantitative estimate of drug-likeness (QED) is 0.872. The molecular weight excluding hydrogens is 223 g/mol. The number of ether oxygens (including phenoxy) is 1. The Morgan fingerprint density at radius 1 is 1.43 bits per heavy atom. The van der Waals surface area contributed by atoms with Gasteiger partial charge < -0.3 is 9.84 Å². The third-order valence-corrected chi connectivity index (χ3v) is 2.30. The van der Waals surface area contributed by atoms with Crippen molar-refractivity contribution in [3.8, 4) is 5.75 Å². The van der Waals surface area contributed by atoms with E-state index < -0.39 is 6.10 Å². The second-order valence-corrected chi connectivity index (χ2v) is 3.98. The molecule has 14 heavy (non-hydrogen) atoms. The second kappa shape index (κ2) is 4.87. The van der Waals surface area contributed by atoms with Crippen LogP contribution in [0.25, 0.3) is 0 Å². The van der Waals surface area contributed by atoms with Gasteiger partial charge in [0.15, 0.2) is 0 Å². The molecule has 1 rings (SSSR count). The minimum atomic E-state index is -0.446. The Morgan fingerprint density at radius 2 is 2.07 bits per heavy atom. The first-order valence-electron chi connectivity index (χ1n) is 4.24. The van der Waals surface area contributed by atoms with E-state index in [0.29, 0.717) is 22.2 Å². The Balaban J connectivity index is 3.11. The van der Waals surface area contributed by atoms with Gasteiger partial charge in [0.2, 0.25) is 0 Å². The zero-order valence-corrected chi connectivity index (χ0v) is 9.56. The van der Waals surface area contributed by atoms with Crippen LogP contribution in [0.4, 0.5) is 0 Å². The van der Waals surface area contributed by atoms with E-state index in [-0.39, 0.29) is 0 Å². The van der Waals surface area contributed by atoms with Crippen molar-refractivity contribution in [3.05, 3.63) is 27.7 Å². The van der Waals surface area contributed by atoms with E-state index >= 15 is 0 Å². The van der Waals surface area contributed by atoms with Gasteiger partial charge >= 0.3 is 0 Å². The molecule has 0 aliphatic rings. The van der Waals surface area contributed by atoms with Crippen LogP contribution in [-0.2, 0) is 6.42 Å². The number of hydrogen-bond acceptors (Lipinski definition) is 2. The summed E-state index contributed by atoms with van der Waals surface area (Å²) in [7, 11) is 1.54. The van der Waals surface area contributed by atoms with E-state index in [0.717, 1.165) is 5.56 Å². The van der Waals surface area contributed by atoms with Gasteiger partial charge in [0.05, 0.1) is 18.2 Å². The van der Waals surface area contributed by atoms with Crippen molar-refractivity contribution in [2.45, 2.75) is 19.4 Å². The van der Waals surface area contributed by atoms with Gasteiger partial charge in [0.25, 0.3) is 0 Å². The summed E-state index contributed by atoms with van der Waals surface area (Å²) in [5.74, 6) is 0.581. The Labute approximate surface area is 93.4 Å². The fraction of sp³-hybridized carbons (Fsp3) is 0.400. The number of benzene rings is 1. The van der Waals surface area contributed by atoms with Crippen LogP contribution in [0.15, 0.2) is 12.1 Å². The molecule has 4 heteroatoms. The molecule has 1 atom stereocenters. The maximum Gasteiger partial charge on any atom is 0.140 e. The lowest BCUT2D eigenvalue weighted by Gasteiger charge is -2.12. The Kier molecular flexibility index (Phi) is 4.05. The normalized spacial score (nSPS) is 12.6. The van der Waals surface area contributed by atoms with E-state index in [1.807, 2.05) is 0 Å². The van der Waals surface area contributed by atoms with Gasteiger partial charge in [0.1, 0.15) is 5.75 Å². The summed E-state index contributed by atoms with van der Waals surface area (Å²) in [5.41, 5.74) is 0.819. The standard InChI is InChI=1S/C10H12Cl2O2/c1-6(13)3-7-4-8(11)5-9(12)10(7)14-2/h4-6,13H,3H2,1-2H3. The molecule has 78 valence electrons. The van der Waals surface area contributed by atoms with Crippen LogP contribution in [0, 0.1) is 0 Å². The highest BCUT2D eigenvalue weighted by Gasteiger charge is 2.11. The number of aliphatic hydroxyl groups is 1. The molecule has 0 saturated heterocycles. The molecule has 1 aromatic carbocycles. The van der Waals surface area contributed by atoms with Gasteiger partial charge in [0, 0.05) is 11.4 Å². The lowest BCUT2D eigenvalue weighted by atomic mass is 10.1. The second-order valence-electron chi connectivity index (χ2n) is 3.13. The minimum absolute atomic E-state index is 0.446. The molecule has 1 N–H and O–H groups in total. The average Bonchev–Trinajstić information content (AvgIpc) is 2.01. The number of methoxy groups -OCH3 is 1. The predicted molar refractivity (Wildman–Crippen MR) is 58.4 cm³/mol. The summed E-state index contributed by atoms with van der Waals surface area (Å²) in [6, 6.07) is 3.37. The number of rotatable bonds is 3. The van der Waals surface area contributed by atoms with Crippen LogP contribution < -0.4 is 4.74 Å². The van der Waals surface area contributed by atoms with Crippen LogP contribution in [0.5, 0.6) is 5.75 Å². The van der Waals surface area contributed by atoms with Crippen LogP contribution in [0.3, 0.4) is 0 Å². The van der Waals surface area contributed by atoms with Crippen LogP contribution in [0.2, 0.25) is 10.0 Å². The largest absolute Gasteiger partial charge is 0.495 e. The zero-order valence-electron chi connectivity index (χ0n) is 8.05. The maximum absolute atomic E-state index is 9.27. The summed E-state index contributed by atoms with van der Waals surface area (Å²) < 4.78 is 5.13. The smallest absolute Gasteiger partial charge is 0.140 e. The summed E-state index contributed by atoms with van der Waals surface area (Å²) in [6.07, 6.45) is 0.0298. The molecule has 0 bridgehead atoms. The van der Waals surface area contributed by atoms with Gasteiger partial charge in [-0.3, -0.25) is 0 Å². The van der Waals surface area contributed by atoms with E-state index in [1.165, 1.54) is 0 Å². The minimum Gasteiger partial charge on any atom is -0.495 e. The van der Waals surface area contributed by atoms with E-state index in [4.69, 9.17) is 27.9 Å². The van der Waals surface area contributed by atoms with Gasteiger partial charge in [-0.05, 0) is 24.6 Å². The fourth-order valence-electron chi connectivity index (χ4n) is 1.31. The van der Waals surface area contributed by atoms with Crippen molar-refractivity contribution in [3.63, 3.8) is 0 Å². The van der Waals surface area contributed by atoms with Crippen molar-refractivity contribution in [1.29, 1.82) is 0 Å². The van der Waals surface area contributed by atoms with E-state index in [1.54, 1.807) is 26.2 Å².